The molecule has 96 valence electrons. The SMILES string of the molecule is Cc1ccccc1/C=C/C(=O)N1CCNC(C)C1. The second kappa shape index (κ2) is 5.83. The molecule has 1 atom stereocenters. The number of amides is 1. The summed E-state index contributed by atoms with van der Waals surface area (Å²) in [7, 11) is 0. The molecule has 1 unspecified atom stereocenters. The first kappa shape index (κ1) is 12.8. The maximum atomic E-state index is 12.0. The molecule has 0 saturated carbocycles. The lowest BCUT2D eigenvalue weighted by Crippen LogP contribution is -2.50. The van der Waals surface area contributed by atoms with Crippen molar-refractivity contribution in [3.05, 3.63) is 41.5 Å². The molecule has 0 spiro atoms. The highest BCUT2D eigenvalue weighted by Crippen LogP contribution is 2.09. The average Bonchev–Trinajstić information content (AvgIpc) is 2.37. The van der Waals surface area contributed by atoms with Crippen molar-refractivity contribution in [3.8, 4) is 0 Å². The smallest absolute Gasteiger partial charge is 0.246 e. The van der Waals surface area contributed by atoms with Gasteiger partial charge in [0.1, 0.15) is 0 Å². The van der Waals surface area contributed by atoms with Gasteiger partial charge in [-0.25, -0.2) is 0 Å². The van der Waals surface area contributed by atoms with Crippen LogP contribution in [0.25, 0.3) is 6.08 Å². The van der Waals surface area contributed by atoms with Crippen molar-refractivity contribution >= 4 is 12.0 Å². The number of aryl methyl sites for hydroxylation is 1. The van der Waals surface area contributed by atoms with Crippen LogP contribution in [0.2, 0.25) is 0 Å². The van der Waals surface area contributed by atoms with Gasteiger partial charge in [0.2, 0.25) is 5.91 Å². The summed E-state index contributed by atoms with van der Waals surface area (Å²) in [6, 6.07) is 8.46. The van der Waals surface area contributed by atoms with Crippen LogP contribution in [0.5, 0.6) is 0 Å². The van der Waals surface area contributed by atoms with Crippen molar-refractivity contribution in [1.29, 1.82) is 0 Å². The molecule has 1 heterocycles. The zero-order valence-electron chi connectivity index (χ0n) is 11.0. The average molecular weight is 244 g/mol. The topological polar surface area (TPSA) is 32.3 Å². The van der Waals surface area contributed by atoms with Gasteiger partial charge in [0, 0.05) is 31.8 Å². The van der Waals surface area contributed by atoms with E-state index in [0.717, 1.165) is 25.2 Å². The van der Waals surface area contributed by atoms with Crippen molar-refractivity contribution in [3.63, 3.8) is 0 Å². The number of hydrogen-bond acceptors (Lipinski definition) is 2. The fourth-order valence-electron chi connectivity index (χ4n) is 2.17. The molecule has 0 bridgehead atoms. The Morgan fingerprint density at radius 1 is 1.44 bits per heavy atom. The summed E-state index contributed by atoms with van der Waals surface area (Å²) in [5.74, 6) is 0.103. The summed E-state index contributed by atoms with van der Waals surface area (Å²) >= 11 is 0. The Morgan fingerprint density at radius 3 is 2.94 bits per heavy atom. The van der Waals surface area contributed by atoms with Crippen LogP contribution in [0.4, 0.5) is 0 Å². The van der Waals surface area contributed by atoms with Gasteiger partial charge in [-0.3, -0.25) is 4.79 Å². The van der Waals surface area contributed by atoms with Gasteiger partial charge >= 0.3 is 0 Å². The van der Waals surface area contributed by atoms with E-state index in [1.165, 1.54) is 5.56 Å². The summed E-state index contributed by atoms with van der Waals surface area (Å²) in [6.07, 6.45) is 3.59. The molecule has 3 nitrogen and oxygen atoms in total. The number of carbonyl (C=O) groups is 1. The van der Waals surface area contributed by atoms with Crippen molar-refractivity contribution < 1.29 is 4.79 Å². The summed E-state index contributed by atoms with van der Waals surface area (Å²) in [5, 5.41) is 3.33. The third kappa shape index (κ3) is 3.20. The number of benzene rings is 1. The molecule has 1 aromatic carbocycles. The van der Waals surface area contributed by atoms with E-state index >= 15 is 0 Å². The second-order valence-corrected chi connectivity index (χ2v) is 4.83. The van der Waals surface area contributed by atoms with E-state index in [0.29, 0.717) is 6.04 Å². The molecule has 1 saturated heterocycles. The highest BCUT2D eigenvalue weighted by Gasteiger charge is 2.18. The summed E-state index contributed by atoms with van der Waals surface area (Å²) in [6.45, 7) is 6.62. The van der Waals surface area contributed by atoms with E-state index in [1.807, 2.05) is 29.2 Å². The number of hydrogen-bond donors (Lipinski definition) is 1. The molecule has 1 aliphatic heterocycles. The van der Waals surface area contributed by atoms with Crippen LogP contribution in [-0.4, -0.2) is 36.5 Å². The zero-order chi connectivity index (χ0) is 13.0. The van der Waals surface area contributed by atoms with Crippen LogP contribution < -0.4 is 5.32 Å². The fourth-order valence-corrected chi connectivity index (χ4v) is 2.17. The van der Waals surface area contributed by atoms with Crippen LogP contribution in [0, 0.1) is 6.92 Å². The van der Waals surface area contributed by atoms with Crippen LogP contribution >= 0.6 is 0 Å². The van der Waals surface area contributed by atoms with Gasteiger partial charge in [-0.05, 0) is 31.1 Å². The van der Waals surface area contributed by atoms with Gasteiger partial charge in [0.15, 0.2) is 0 Å². The number of nitrogens with one attached hydrogen (secondary N) is 1. The molecule has 0 radical (unpaired) electrons. The van der Waals surface area contributed by atoms with Gasteiger partial charge in [0.05, 0.1) is 0 Å². The van der Waals surface area contributed by atoms with Crippen LogP contribution in [0.3, 0.4) is 0 Å². The summed E-state index contributed by atoms with van der Waals surface area (Å²) < 4.78 is 0. The molecule has 2 rings (SSSR count). The maximum absolute atomic E-state index is 12.0. The minimum atomic E-state index is 0.103. The molecule has 1 aromatic rings. The Hall–Kier alpha value is -1.61. The Kier molecular flexibility index (Phi) is 4.15. The lowest BCUT2D eigenvalue weighted by Gasteiger charge is -2.31. The molecule has 0 aliphatic carbocycles. The van der Waals surface area contributed by atoms with Crippen LogP contribution in [0.1, 0.15) is 18.1 Å². The van der Waals surface area contributed by atoms with Crippen molar-refractivity contribution in [2.24, 2.45) is 0 Å². The van der Waals surface area contributed by atoms with E-state index in [9.17, 15) is 4.79 Å². The van der Waals surface area contributed by atoms with E-state index in [4.69, 9.17) is 0 Å². The third-order valence-corrected chi connectivity index (χ3v) is 3.27. The number of nitrogens with zero attached hydrogens (tertiary/aromatic N) is 1. The minimum Gasteiger partial charge on any atom is -0.336 e. The summed E-state index contributed by atoms with van der Waals surface area (Å²) in [5.41, 5.74) is 2.30. The Balaban J connectivity index is 2.01. The van der Waals surface area contributed by atoms with E-state index in [2.05, 4.69) is 25.2 Å². The third-order valence-electron chi connectivity index (χ3n) is 3.27. The lowest BCUT2D eigenvalue weighted by atomic mass is 10.1. The van der Waals surface area contributed by atoms with Crippen LogP contribution in [0.15, 0.2) is 30.3 Å². The number of rotatable bonds is 2. The minimum absolute atomic E-state index is 0.103. The number of carbonyl (C=O) groups excluding carboxylic acids is 1. The molecule has 3 heteroatoms. The predicted octanol–water partition coefficient (Wildman–Crippen LogP) is 1.83. The number of piperazine rings is 1. The van der Waals surface area contributed by atoms with Gasteiger partial charge in [-0.1, -0.05) is 24.3 Å². The molecule has 1 N–H and O–H groups in total. The van der Waals surface area contributed by atoms with E-state index in [1.54, 1.807) is 6.08 Å². The van der Waals surface area contributed by atoms with Crippen molar-refractivity contribution in [2.45, 2.75) is 19.9 Å². The lowest BCUT2D eigenvalue weighted by molar-refractivity contribution is -0.127. The van der Waals surface area contributed by atoms with Crippen molar-refractivity contribution in [2.75, 3.05) is 19.6 Å². The first-order valence-electron chi connectivity index (χ1n) is 6.43. The highest BCUT2D eigenvalue weighted by molar-refractivity contribution is 5.92. The second-order valence-electron chi connectivity index (χ2n) is 4.83. The Labute approximate surface area is 108 Å². The molecular weight excluding hydrogens is 224 g/mol. The van der Waals surface area contributed by atoms with Gasteiger partial charge in [-0.15, -0.1) is 0 Å². The van der Waals surface area contributed by atoms with Crippen molar-refractivity contribution in [1.82, 2.24) is 10.2 Å². The largest absolute Gasteiger partial charge is 0.336 e. The normalized spacial score (nSPS) is 20.3. The highest BCUT2D eigenvalue weighted by atomic mass is 16.2. The quantitative estimate of drug-likeness (QED) is 0.805. The van der Waals surface area contributed by atoms with Crippen LogP contribution in [-0.2, 0) is 4.79 Å². The molecule has 0 aromatic heterocycles. The van der Waals surface area contributed by atoms with Gasteiger partial charge in [0.25, 0.3) is 0 Å². The zero-order valence-corrected chi connectivity index (χ0v) is 11.0. The fraction of sp³-hybridized carbons (Fsp3) is 0.400. The van der Waals surface area contributed by atoms with E-state index in [-0.39, 0.29) is 5.91 Å². The maximum Gasteiger partial charge on any atom is 0.246 e. The molecular formula is C15H20N2O. The predicted molar refractivity (Wildman–Crippen MR) is 74.3 cm³/mol. The molecule has 1 amide bonds. The monoisotopic (exact) mass is 244 g/mol. The molecule has 1 fully saturated rings. The first-order valence-corrected chi connectivity index (χ1v) is 6.43. The molecule has 18 heavy (non-hydrogen) atoms. The van der Waals surface area contributed by atoms with E-state index < -0.39 is 0 Å². The van der Waals surface area contributed by atoms with Gasteiger partial charge in [-0.2, -0.15) is 0 Å². The first-order chi connectivity index (χ1) is 8.66. The molecule has 1 aliphatic rings. The van der Waals surface area contributed by atoms with Gasteiger partial charge < -0.3 is 10.2 Å². The summed E-state index contributed by atoms with van der Waals surface area (Å²) in [4.78, 5) is 13.9. The Morgan fingerprint density at radius 2 is 2.22 bits per heavy atom. The Bertz CT molecular complexity index is 454. The standard InChI is InChI=1S/C15H20N2O/c1-12-5-3-4-6-14(12)7-8-15(18)17-10-9-16-13(2)11-17/h3-8,13,16H,9-11H2,1-2H3/b8-7+.